The smallest absolute Gasteiger partial charge is 0.227 e. The fraction of sp³-hybridized carbons (Fsp3) is 0.294. The lowest BCUT2D eigenvalue weighted by molar-refractivity contribution is -0.128. The minimum absolute atomic E-state index is 0.00173. The molecule has 0 fully saturated rings. The number of methoxy groups -OCH3 is 1. The molecule has 22 heavy (non-hydrogen) atoms. The summed E-state index contributed by atoms with van der Waals surface area (Å²) in [6, 6.07) is 5.32. The van der Waals surface area contributed by atoms with Gasteiger partial charge in [0.2, 0.25) is 5.91 Å². The Bertz CT molecular complexity index is 836. The molecule has 1 N–H and O–H groups in total. The average Bonchev–Trinajstić information content (AvgIpc) is 2.85. The molecule has 1 aliphatic heterocycles. The predicted molar refractivity (Wildman–Crippen MR) is 85.6 cm³/mol. The fourth-order valence-corrected chi connectivity index (χ4v) is 2.81. The van der Waals surface area contributed by atoms with Crippen LogP contribution < -0.4 is 10.2 Å². The summed E-state index contributed by atoms with van der Waals surface area (Å²) < 4.78 is 5.17. The molecule has 0 bridgehead atoms. The largest absolute Gasteiger partial charge is 0.497 e. The summed E-state index contributed by atoms with van der Waals surface area (Å²) in [6.45, 7) is 6.21. The molecular weight excluding hydrogens is 280 g/mol. The van der Waals surface area contributed by atoms with Crippen LogP contribution in [0.1, 0.15) is 31.0 Å². The highest BCUT2D eigenvalue weighted by molar-refractivity contribution is 5.91. The number of hydrogen-bond acceptors (Lipinski definition) is 3. The van der Waals surface area contributed by atoms with Crippen LogP contribution in [0.15, 0.2) is 29.6 Å². The third-order valence-electron chi connectivity index (χ3n) is 4.00. The van der Waals surface area contributed by atoms with Gasteiger partial charge in [0.05, 0.1) is 30.6 Å². The Morgan fingerprint density at radius 3 is 2.91 bits per heavy atom. The van der Waals surface area contributed by atoms with E-state index in [0.29, 0.717) is 34.5 Å². The fourth-order valence-electron chi connectivity index (χ4n) is 2.81. The van der Waals surface area contributed by atoms with E-state index in [4.69, 9.17) is 4.74 Å². The molecule has 0 atom stereocenters. The lowest BCUT2D eigenvalue weighted by Gasteiger charge is -2.16. The summed E-state index contributed by atoms with van der Waals surface area (Å²) in [4.78, 5) is 29.7. The average molecular weight is 298 g/mol. The van der Waals surface area contributed by atoms with Gasteiger partial charge < -0.3 is 14.6 Å². The number of fused-ring (bicyclic) bond motifs is 2. The van der Waals surface area contributed by atoms with Crippen LogP contribution in [-0.4, -0.2) is 22.9 Å². The zero-order valence-corrected chi connectivity index (χ0v) is 12.7. The highest BCUT2D eigenvalue weighted by Crippen LogP contribution is 2.31. The van der Waals surface area contributed by atoms with Gasteiger partial charge in [0.15, 0.2) is 5.43 Å². The number of H-pyrrole nitrogens is 1. The number of carbonyl (C=O) groups is 1. The topological polar surface area (TPSA) is 62.4 Å². The first-order valence-corrected chi connectivity index (χ1v) is 7.29. The van der Waals surface area contributed by atoms with E-state index in [9.17, 15) is 9.59 Å². The van der Waals surface area contributed by atoms with Gasteiger partial charge in [-0.15, -0.1) is 0 Å². The van der Waals surface area contributed by atoms with Gasteiger partial charge in [-0.05, 0) is 24.6 Å². The predicted octanol–water partition coefficient (Wildman–Crippen LogP) is 2.65. The van der Waals surface area contributed by atoms with E-state index in [-0.39, 0.29) is 17.9 Å². The Kier molecular flexibility index (Phi) is 3.48. The van der Waals surface area contributed by atoms with Crippen molar-refractivity contribution in [3.05, 3.63) is 46.3 Å². The normalized spacial score (nSPS) is 13.5. The van der Waals surface area contributed by atoms with Gasteiger partial charge in [0.25, 0.3) is 0 Å². The molecule has 5 nitrogen and oxygen atoms in total. The standard InChI is InChI=1S/C17H18N2O3/c1-4-5-15(20)19-9-13-16(10(19)2)18-14-7-6-11(22-3)8-12(14)17(13)21/h6-8H,2,4-5,9H2,1,3H3,(H,18,21). The number of nitrogens with one attached hydrogen (secondary N) is 1. The van der Waals surface area contributed by atoms with Crippen LogP contribution in [0.2, 0.25) is 0 Å². The third kappa shape index (κ3) is 2.09. The number of ether oxygens (including phenoxy) is 1. The maximum Gasteiger partial charge on any atom is 0.227 e. The number of carbonyl (C=O) groups excluding carboxylic acids is 1. The van der Waals surface area contributed by atoms with Gasteiger partial charge in [-0.25, -0.2) is 0 Å². The number of aromatic nitrogens is 1. The van der Waals surface area contributed by atoms with Gasteiger partial charge >= 0.3 is 0 Å². The van der Waals surface area contributed by atoms with Gasteiger partial charge in [0, 0.05) is 17.4 Å². The maximum atomic E-state index is 12.7. The zero-order chi connectivity index (χ0) is 15.9. The first-order valence-electron chi connectivity index (χ1n) is 7.29. The van der Waals surface area contributed by atoms with Crippen LogP contribution in [0.25, 0.3) is 16.6 Å². The van der Waals surface area contributed by atoms with E-state index in [0.717, 1.165) is 11.9 Å². The van der Waals surface area contributed by atoms with Crippen LogP contribution in [0.5, 0.6) is 5.75 Å². The van der Waals surface area contributed by atoms with Gasteiger partial charge in [0.1, 0.15) is 5.75 Å². The number of aromatic amines is 1. The molecule has 0 spiro atoms. The Morgan fingerprint density at radius 1 is 1.45 bits per heavy atom. The molecule has 0 aliphatic carbocycles. The third-order valence-corrected chi connectivity index (χ3v) is 4.00. The van der Waals surface area contributed by atoms with Gasteiger partial charge in [-0.1, -0.05) is 13.5 Å². The van der Waals surface area contributed by atoms with Gasteiger partial charge in [-0.3, -0.25) is 9.59 Å². The van der Waals surface area contributed by atoms with Crippen molar-refractivity contribution in [1.29, 1.82) is 0 Å². The quantitative estimate of drug-likeness (QED) is 0.947. The SMILES string of the molecule is C=C1c2[nH]c3ccc(OC)cc3c(=O)c2CN1C(=O)CCC. The lowest BCUT2D eigenvalue weighted by Crippen LogP contribution is -2.24. The second-order valence-corrected chi connectivity index (χ2v) is 5.40. The van der Waals surface area contributed by atoms with Crippen molar-refractivity contribution in [1.82, 2.24) is 9.88 Å². The minimum Gasteiger partial charge on any atom is -0.497 e. The Hall–Kier alpha value is -2.56. The van der Waals surface area contributed by atoms with E-state index in [2.05, 4.69) is 11.6 Å². The summed E-state index contributed by atoms with van der Waals surface area (Å²) in [6.07, 6.45) is 1.22. The van der Waals surface area contributed by atoms with Crippen molar-refractivity contribution in [3.8, 4) is 5.75 Å². The molecule has 114 valence electrons. The lowest BCUT2D eigenvalue weighted by atomic mass is 10.1. The molecule has 3 rings (SSSR count). The number of pyridine rings is 1. The molecule has 2 heterocycles. The van der Waals surface area contributed by atoms with Crippen molar-refractivity contribution in [2.24, 2.45) is 0 Å². The summed E-state index contributed by atoms with van der Waals surface area (Å²) in [5.74, 6) is 0.631. The summed E-state index contributed by atoms with van der Waals surface area (Å²) >= 11 is 0. The molecule has 1 aromatic heterocycles. The van der Waals surface area contributed by atoms with Crippen molar-refractivity contribution < 1.29 is 9.53 Å². The summed E-state index contributed by atoms with van der Waals surface area (Å²) in [7, 11) is 1.57. The van der Waals surface area contributed by atoms with Crippen molar-refractivity contribution >= 4 is 22.5 Å². The summed E-state index contributed by atoms with van der Waals surface area (Å²) in [5.41, 5.74) is 2.47. The van der Waals surface area contributed by atoms with Gasteiger partial charge in [-0.2, -0.15) is 0 Å². The van der Waals surface area contributed by atoms with E-state index in [1.807, 2.05) is 6.92 Å². The molecule has 0 saturated heterocycles. The molecule has 0 radical (unpaired) electrons. The first kappa shape index (κ1) is 14.4. The Labute approximate surface area is 128 Å². The second kappa shape index (κ2) is 5.33. The monoisotopic (exact) mass is 298 g/mol. The molecule has 2 aromatic rings. The molecule has 1 amide bonds. The van der Waals surface area contributed by atoms with E-state index >= 15 is 0 Å². The van der Waals surface area contributed by atoms with E-state index in [1.54, 1.807) is 30.2 Å². The number of amides is 1. The van der Waals surface area contributed by atoms with Crippen LogP contribution in [0.4, 0.5) is 0 Å². The highest BCUT2D eigenvalue weighted by atomic mass is 16.5. The Balaban J connectivity index is 2.13. The molecule has 0 unspecified atom stereocenters. The van der Waals surface area contributed by atoms with Crippen molar-refractivity contribution in [3.63, 3.8) is 0 Å². The Morgan fingerprint density at radius 2 is 2.23 bits per heavy atom. The molecule has 5 heteroatoms. The number of hydrogen-bond donors (Lipinski definition) is 1. The second-order valence-electron chi connectivity index (χ2n) is 5.40. The van der Waals surface area contributed by atoms with Crippen LogP contribution in [0, 0.1) is 0 Å². The van der Waals surface area contributed by atoms with Crippen molar-refractivity contribution in [2.75, 3.05) is 7.11 Å². The first-order chi connectivity index (χ1) is 10.6. The van der Waals surface area contributed by atoms with Crippen LogP contribution in [-0.2, 0) is 11.3 Å². The number of benzene rings is 1. The zero-order valence-electron chi connectivity index (χ0n) is 12.7. The number of rotatable bonds is 3. The highest BCUT2D eigenvalue weighted by Gasteiger charge is 2.30. The van der Waals surface area contributed by atoms with Crippen LogP contribution in [0.3, 0.4) is 0 Å². The van der Waals surface area contributed by atoms with Crippen molar-refractivity contribution in [2.45, 2.75) is 26.3 Å². The molecule has 0 saturated carbocycles. The van der Waals surface area contributed by atoms with E-state index < -0.39 is 0 Å². The molecular formula is C17H18N2O3. The van der Waals surface area contributed by atoms with E-state index in [1.165, 1.54) is 0 Å². The van der Waals surface area contributed by atoms with Crippen LogP contribution >= 0.6 is 0 Å². The number of nitrogens with zero attached hydrogens (tertiary/aromatic N) is 1. The maximum absolute atomic E-state index is 12.7. The minimum atomic E-state index is -0.0735. The molecule has 1 aromatic carbocycles. The summed E-state index contributed by atoms with van der Waals surface area (Å²) in [5, 5.41) is 0.565. The molecule has 1 aliphatic rings.